The van der Waals surface area contributed by atoms with Crippen molar-refractivity contribution in [2.24, 2.45) is 0 Å². The highest BCUT2D eigenvalue weighted by Crippen LogP contribution is 2.33. The lowest BCUT2D eigenvalue weighted by Gasteiger charge is -2.38. The first kappa shape index (κ1) is 24.2. The Morgan fingerprint density at radius 2 is 1.86 bits per heavy atom. The van der Waals surface area contributed by atoms with Gasteiger partial charge in [0, 0.05) is 60.8 Å². The zero-order chi connectivity index (χ0) is 25.5. The van der Waals surface area contributed by atoms with E-state index in [-0.39, 0.29) is 17.6 Å². The van der Waals surface area contributed by atoms with Crippen LogP contribution < -0.4 is 4.74 Å². The minimum absolute atomic E-state index is 0.0756. The normalized spacial score (nSPS) is 19.8. The highest BCUT2D eigenvalue weighted by molar-refractivity contribution is 6.33. The Morgan fingerprint density at radius 3 is 2.68 bits per heavy atom. The van der Waals surface area contributed by atoms with Gasteiger partial charge in [-0.15, -0.1) is 0 Å². The molecule has 2 bridgehead atoms. The van der Waals surface area contributed by atoms with Crippen molar-refractivity contribution in [3.05, 3.63) is 76.3 Å². The number of rotatable bonds is 5. The molecule has 190 valence electrons. The third-order valence-electron chi connectivity index (χ3n) is 7.40. The summed E-state index contributed by atoms with van der Waals surface area (Å²) in [6, 6.07) is 13.4. The van der Waals surface area contributed by atoms with Gasteiger partial charge in [0.25, 0.3) is 5.91 Å². The van der Waals surface area contributed by atoms with Gasteiger partial charge in [0.05, 0.1) is 23.5 Å². The van der Waals surface area contributed by atoms with Gasteiger partial charge >= 0.3 is 0 Å². The largest absolute Gasteiger partial charge is 0.481 e. The lowest BCUT2D eigenvalue weighted by Crippen LogP contribution is -2.48. The number of pyridine rings is 1. The molecule has 37 heavy (non-hydrogen) atoms. The Hall–Kier alpha value is -3.20. The van der Waals surface area contributed by atoms with Gasteiger partial charge in [0.2, 0.25) is 11.7 Å². The number of carbonyl (C=O) groups excluding carboxylic acids is 1. The molecule has 8 nitrogen and oxygen atoms in total. The van der Waals surface area contributed by atoms with Crippen molar-refractivity contribution in [3.8, 4) is 17.1 Å². The predicted octanol–water partition coefficient (Wildman–Crippen LogP) is 4.99. The van der Waals surface area contributed by atoms with Gasteiger partial charge in [-0.05, 0) is 43.5 Å². The Balaban J connectivity index is 1.30. The van der Waals surface area contributed by atoms with Crippen LogP contribution in [-0.4, -0.2) is 67.3 Å². The van der Waals surface area contributed by atoms with Crippen LogP contribution >= 0.6 is 23.2 Å². The number of halogens is 2. The van der Waals surface area contributed by atoms with Crippen molar-refractivity contribution in [3.63, 3.8) is 0 Å². The van der Waals surface area contributed by atoms with Gasteiger partial charge in [-0.2, -0.15) is 0 Å². The summed E-state index contributed by atoms with van der Waals surface area (Å²) in [6.45, 7) is 2.14. The quantitative estimate of drug-likeness (QED) is 0.357. The molecule has 3 aliphatic rings. The second-order valence-corrected chi connectivity index (χ2v) is 10.3. The molecular formula is C27H26Cl2N6O2. The molecule has 7 rings (SSSR count). The second kappa shape index (κ2) is 9.93. The zero-order valence-corrected chi connectivity index (χ0v) is 21.9. The van der Waals surface area contributed by atoms with Crippen LogP contribution in [0.4, 0.5) is 0 Å². The van der Waals surface area contributed by atoms with Crippen LogP contribution in [-0.2, 0) is 6.54 Å². The van der Waals surface area contributed by atoms with Gasteiger partial charge in [0.1, 0.15) is 0 Å². The summed E-state index contributed by atoms with van der Waals surface area (Å²) in [5.74, 6) is 0.902. The van der Waals surface area contributed by atoms with E-state index in [1.165, 1.54) is 7.11 Å². The van der Waals surface area contributed by atoms with E-state index in [0.29, 0.717) is 40.8 Å². The smallest absolute Gasteiger partial charge is 0.274 e. The van der Waals surface area contributed by atoms with E-state index in [4.69, 9.17) is 32.9 Å². The lowest BCUT2D eigenvalue weighted by molar-refractivity contribution is 0.0597. The predicted molar refractivity (Wildman–Crippen MR) is 142 cm³/mol. The number of carbonyl (C=O) groups is 1. The average molecular weight is 537 g/mol. The van der Waals surface area contributed by atoms with E-state index in [0.717, 1.165) is 42.8 Å². The number of amides is 1. The number of piperidine rings is 1. The monoisotopic (exact) mass is 536 g/mol. The maximum absolute atomic E-state index is 13.6. The van der Waals surface area contributed by atoms with E-state index in [9.17, 15) is 4.79 Å². The molecule has 3 aliphatic heterocycles. The number of hydrogen-bond donors (Lipinski definition) is 0. The second-order valence-electron chi connectivity index (χ2n) is 9.49. The topological polar surface area (TPSA) is 75.9 Å². The number of benzene rings is 1. The van der Waals surface area contributed by atoms with Gasteiger partial charge in [-0.3, -0.25) is 14.1 Å². The number of ether oxygens (including phenoxy) is 1. The van der Waals surface area contributed by atoms with Crippen LogP contribution in [0, 0.1) is 0 Å². The number of methoxy groups -OCH3 is 1. The molecule has 2 unspecified atom stereocenters. The molecule has 0 aliphatic carbocycles. The maximum Gasteiger partial charge on any atom is 0.274 e. The summed E-state index contributed by atoms with van der Waals surface area (Å²) in [6.07, 6.45) is 6.63. The van der Waals surface area contributed by atoms with Gasteiger partial charge in [0.15, 0.2) is 5.69 Å². The third-order valence-corrected chi connectivity index (χ3v) is 7.96. The van der Waals surface area contributed by atoms with E-state index < -0.39 is 0 Å². The third kappa shape index (κ3) is 4.54. The molecule has 4 aromatic rings. The number of fused-ring (bicyclic) bond motifs is 5. The molecule has 1 aromatic carbocycles. The minimum atomic E-state index is -0.141. The van der Waals surface area contributed by atoms with E-state index in [1.807, 2.05) is 41.4 Å². The van der Waals surface area contributed by atoms with Crippen LogP contribution in [0.25, 0.3) is 17.0 Å². The van der Waals surface area contributed by atoms with Crippen LogP contribution in [0.15, 0.2) is 54.9 Å². The fraction of sp³-hybridized carbons (Fsp3) is 0.333. The standard InChI is InChI=1S/C27H26Cl2N6O2/c1-37-23-10-9-21(29)25(31-23)26(36)34-14-11-19-7-8-20(34)15-33(19)16-22-24(17-3-5-18(28)6-4-17)32-27-30-12-2-13-35(22)27/h2-6,9-10,12-13,19-20H,7-8,11,14-16H2,1H3. The number of nitrogens with zero attached hydrogens (tertiary/aromatic N) is 6. The zero-order valence-electron chi connectivity index (χ0n) is 20.3. The van der Waals surface area contributed by atoms with Gasteiger partial charge in [-0.1, -0.05) is 35.3 Å². The molecule has 0 saturated carbocycles. The first-order valence-electron chi connectivity index (χ1n) is 12.4. The molecule has 3 fully saturated rings. The minimum Gasteiger partial charge on any atom is -0.481 e. The maximum atomic E-state index is 13.6. The summed E-state index contributed by atoms with van der Waals surface area (Å²) in [5.41, 5.74) is 3.22. The molecular weight excluding hydrogens is 511 g/mol. The lowest BCUT2D eigenvalue weighted by atomic mass is 9.98. The first-order valence-corrected chi connectivity index (χ1v) is 13.1. The average Bonchev–Trinajstić information content (AvgIpc) is 3.04. The summed E-state index contributed by atoms with van der Waals surface area (Å²) in [7, 11) is 1.53. The molecule has 0 spiro atoms. The summed E-state index contributed by atoms with van der Waals surface area (Å²) < 4.78 is 7.29. The molecule has 3 aromatic heterocycles. The van der Waals surface area contributed by atoms with E-state index >= 15 is 0 Å². The van der Waals surface area contributed by atoms with Crippen molar-refractivity contribution in [1.29, 1.82) is 0 Å². The van der Waals surface area contributed by atoms with Crippen LogP contribution in [0.1, 0.15) is 35.4 Å². The van der Waals surface area contributed by atoms with Crippen molar-refractivity contribution in [2.75, 3.05) is 20.2 Å². The van der Waals surface area contributed by atoms with Gasteiger partial charge < -0.3 is 9.64 Å². The SMILES string of the molecule is COc1ccc(Cl)c(C(=O)N2CCC3CCC2CN3Cc2c(-c3ccc(Cl)cc3)nc3ncccn23)n1. The summed E-state index contributed by atoms with van der Waals surface area (Å²) >= 11 is 12.5. The Bertz CT molecular complexity index is 1460. The van der Waals surface area contributed by atoms with Crippen LogP contribution in [0.5, 0.6) is 5.88 Å². The number of imidazole rings is 1. The number of aromatic nitrogens is 4. The first-order chi connectivity index (χ1) is 18.0. The van der Waals surface area contributed by atoms with Crippen molar-refractivity contribution < 1.29 is 9.53 Å². The summed E-state index contributed by atoms with van der Waals surface area (Å²) in [4.78, 5) is 31.7. The highest BCUT2D eigenvalue weighted by Gasteiger charge is 2.39. The molecule has 3 saturated heterocycles. The molecule has 2 atom stereocenters. The van der Waals surface area contributed by atoms with Crippen molar-refractivity contribution >= 4 is 34.9 Å². The summed E-state index contributed by atoms with van der Waals surface area (Å²) in [5, 5.41) is 1.03. The fourth-order valence-corrected chi connectivity index (χ4v) is 5.84. The molecule has 0 radical (unpaired) electrons. The van der Waals surface area contributed by atoms with Crippen LogP contribution in [0.3, 0.4) is 0 Å². The molecule has 1 amide bonds. The fourth-order valence-electron chi connectivity index (χ4n) is 5.53. The van der Waals surface area contributed by atoms with E-state index in [1.54, 1.807) is 18.3 Å². The van der Waals surface area contributed by atoms with Crippen molar-refractivity contribution in [2.45, 2.75) is 37.9 Å². The highest BCUT2D eigenvalue weighted by atomic mass is 35.5. The van der Waals surface area contributed by atoms with Crippen LogP contribution in [0.2, 0.25) is 10.0 Å². The van der Waals surface area contributed by atoms with E-state index in [2.05, 4.69) is 19.3 Å². The number of hydrogen-bond acceptors (Lipinski definition) is 6. The van der Waals surface area contributed by atoms with Gasteiger partial charge in [-0.25, -0.2) is 15.0 Å². The van der Waals surface area contributed by atoms with Crippen molar-refractivity contribution in [1.82, 2.24) is 29.2 Å². The molecule has 6 heterocycles. The Kier molecular flexibility index (Phi) is 6.48. The molecule has 10 heteroatoms. The Labute approximate surface area is 224 Å². The molecule has 0 N–H and O–H groups in total. The Morgan fingerprint density at radius 1 is 1.05 bits per heavy atom.